The third-order valence-corrected chi connectivity index (χ3v) is 6.55. The van der Waals surface area contributed by atoms with Crippen LogP contribution in [-0.4, -0.2) is 35.3 Å². The normalized spacial score (nSPS) is 28.2. The van der Waals surface area contributed by atoms with Crippen LogP contribution in [0.2, 0.25) is 0 Å². The smallest absolute Gasteiger partial charge is 0.260 e. The second-order valence-corrected chi connectivity index (χ2v) is 7.78. The molecule has 2 heterocycles. The first-order valence-electron chi connectivity index (χ1n) is 7.68. The van der Waals surface area contributed by atoms with Gasteiger partial charge in [0.25, 0.3) is 10.0 Å². The van der Waals surface area contributed by atoms with E-state index in [4.69, 9.17) is 0 Å². The number of sulfonamides is 1. The molecule has 112 valence electrons. The van der Waals surface area contributed by atoms with E-state index in [0.717, 1.165) is 31.5 Å². The molecule has 3 rings (SSSR count). The van der Waals surface area contributed by atoms with Gasteiger partial charge in [0.1, 0.15) is 5.82 Å². The van der Waals surface area contributed by atoms with Crippen molar-refractivity contribution in [3.8, 4) is 0 Å². The summed E-state index contributed by atoms with van der Waals surface area (Å²) < 4.78 is 27.4. The van der Waals surface area contributed by atoms with Gasteiger partial charge in [-0.1, -0.05) is 19.8 Å². The monoisotopic (exact) mass is 297 g/mol. The first-order chi connectivity index (χ1) is 9.63. The molecule has 1 aliphatic heterocycles. The van der Waals surface area contributed by atoms with E-state index in [1.807, 2.05) is 6.92 Å². The minimum atomic E-state index is -3.41. The topological polar surface area (TPSA) is 66.1 Å². The van der Waals surface area contributed by atoms with Crippen LogP contribution in [-0.2, 0) is 16.4 Å². The van der Waals surface area contributed by atoms with Crippen LogP contribution in [0.15, 0.2) is 11.2 Å². The summed E-state index contributed by atoms with van der Waals surface area (Å²) in [4.78, 5) is 7.09. The summed E-state index contributed by atoms with van der Waals surface area (Å²) in [6.07, 6.45) is 8.95. The van der Waals surface area contributed by atoms with Crippen molar-refractivity contribution in [2.45, 2.75) is 62.9 Å². The van der Waals surface area contributed by atoms with Crippen molar-refractivity contribution in [1.29, 1.82) is 0 Å². The zero-order chi connectivity index (χ0) is 14.2. The molecular weight excluding hydrogens is 274 g/mol. The van der Waals surface area contributed by atoms with Crippen molar-refractivity contribution in [3.05, 3.63) is 12.0 Å². The molecule has 2 atom stereocenters. The quantitative estimate of drug-likeness (QED) is 0.931. The average molecular weight is 297 g/mol. The molecule has 1 saturated carbocycles. The lowest BCUT2D eigenvalue weighted by molar-refractivity contribution is 0.129. The van der Waals surface area contributed by atoms with E-state index in [1.165, 1.54) is 25.5 Å². The maximum Gasteiger partial charge on any atom is 0.260 e. The minimum Gasteiger partial charge on any atom is -0.332 e. The van der Waals surface area contributed by atoms with E-state index in [1.54, 1.807) is 4.31 Å². The van der Waals surface area contributed by atoms with Crippen LogP contribution >= 0.6 is 0 Å². The van der Waals surface area contributed by atoms with Crippen molar-refractivity contribution >= 4 is 10.0 Å². The van der Waals surface area contributed by atoms with E-state index < -0.39 is 10.0 Å². The van der Waals surface area contributed by atoms with Crippen molar-refractivity contribution in [2.24, 2.45) is 5.92 Å². The van der Waals surface area contributed by atoms with Crippen LogP contribution in [0.4, 0.5) is 0 Å². The first kappa shape index (κ1) is 14.1. The van der Waals surface area contributed by atoms with Gasteiger partial charge in [-0.25, -0.2) is 13.4 Å². The molecule has 1 aromatic rings. The summed E-state index contributed by atoms with van der Waals surface area (Å²) in [5.41, 5.74) is 0. The summed E-state index contributed by atoms with van der Waals surface area (Å²) >= 11 is 0. The summed E-state index contributed by atoms with van der Waals surface area (Å²) in [6, 6.07) is 0.205. The van der Waals surface area contributed by atoms with Gasteiger partial charge in [0.2, 0.25) is 0 Å². The number of nitrogens with one attached hydrogen (secondary N) is 1. The molecule has 2 unspecified atom stereocenters. The van der Waals surface area contributed by atoms with E-state index >= 15 is 0 Å². The molecule has 1 aliphatic carbocycles. The van der Waals surface area contributed by atoms with E-state index in [-0.39, 0.29) is 11.1 Å². The first-order valence-corrected chi connectivity index (χ1v) is 9.12. The molecule has 0 aromatic carbocycles. The Balaban J connectivity index is 1.89. The van der Waals surface area contributed by atoms with Crippen molar-refractivity contribution in [3.63, 3.8) is 0 Å². The Kier molecular flexibility index (Phi) is 3.86. The van der Waals surface area contributed by atoms with Gasteiger partial charge < -0.3 is 4.98 Å². The third-order valence-electron chi connectivity index (χ3n) is 4.72. The fourth-order valence-electron chi connectivity index (χ4n) is 3.66. The van der Waals surface area contributed by atoms with Crippen LogP contribution < -0.4 is 0 Å². The highest BCUT2D eigenvalue weighted by atomic mass is 32.2. The lowest BCUT2D eigenvalue weighted by Gasteiger charge is -2.42. The fraction of sp³-hybridized carbons (Fsp3) is 0.786. The van der Waals surface area contributed by atoms with Crippen LogP contribution in [0.5, 0.6) is 0 Å². The number of hydrogen-bond donors (Lipinski definition) is 1. The fourth-order valence-corrected chi connectivity index (χ4v) is 5.35. The van der Waals surface area contributed by atoms with Gasteiger partial charge in [0.15, 0.2) is 5.03 Å². The van der Waals surface area contributed by atoms with Crippen LogP contribution in [0.1, 0.15) is 51.3 Å². The second kappa shape index (κ2) is 5.48. The summed E-state index contributed by atoms with van der Waals surface area (Å²) in [6.45, 7) is 2.62. The molecule has 2 aliphatic rings. The van der Waals surface area contributed by atoms with Crippen LogP contribution in [0.3, 0.4) is 0 Å². The van der Waals surface area contributed by atoms with Crippen molar-refractivity contribution in [2.75, 3.05) is 6.54 Å². The molecule has 0 bridgehead atoms. The predicted octanol–water partition coefficient (Wildman–Crippen LogP) is 2.32. The number of aromatic amines is 1. The summed E-state index contributed by atoms with van der Waals surface area (Å²) in [5.74, 6) is 1.29. The Bertz CT molecular complexity index is 565. The summed E-state index contributed by atoms with van der Waals surface area (Å²) in [7, 11) is -3.41. The number of nitrogens with zero attached hydrogens (tertiary/aromatic N) is 2. The molecule has 1 saturated heterocycles. The summed E-state index contributed by atoms with van der Waals surface area (Å²) in [5, 5.41) is 0.264. The number of imidazole rings is 1. The van der Waals surface area contributed by atoms with Crippen LogP contribution in [0.25, 0.3) is 0 Å². The Morgan fingerprint density at radius 3 is 2.80 bits per heavy atom. The SMILES string of the molecule is CCc1ncc(S(=O)(=O)N2CCCC3CCCCC32)[nH]1. The Labute approximate surface area is 120 Å². The number of hydrogen-bond acceptors (Lipinski definition) is 3. The number of piperidine rings is 1. The molecule has 0 amide bonds. The van der Waals surface area contributed by atoms with Gasteiger partial charge in [-0.3, -0.25) is 0 Å². The largest absolute Gasteiger partial charge is 0.332 e. The van der Waals surface area contributed by atoms with E-state index in [0.29, 0.717) is 12.5 Å². The number of fused-ring (bicyclic) bond motifs is 1. The second-order valence-electron chi connectivity index (χ2n) is 5.92. The van der Waals surface area contributed by atoms with Gasteiger partial charge in [-0.15, -0.1) is 0 Å². The maximum atomic E-state index is 12.8. The average Bonchev–Trinajstić information content (AvgIpc) is 2.96. The van der Waals surface area contributed by atoms with E-state index in [2.05, 4.69) is 9.97 Å². The van der Waals surface area contributed by atoms with Gasteiger partial charge >= 0.3 is 0 Å². The molecule has 20 heavy (non-hydrogen) atoms. The zero-order valence-electron chi connectivity index (χ0n) is 12.0. The molecule has 0 spiro atoms. The lowest BCUT2D eigenvalue weighted by Crippen LogP contribution is -2.49. The molecule has 1 aromatic heterocycles. The van der Waals surface area contributed by atoms with Gasteiger partial charge in [-0.2, -0.15) is 4.31 Å². The minimum absolute atomic E-state index is 0.205. The molecule has 6 heteroatoms. The van der Waals surface area contributed by atoms with Crippen LogP contribution in [0, 0.1) is 5.92 Å². The molecule has 1 N–H and O–H groups in total. The highest BCUT2D eigenvalue weighted by molar-refractivity contribution is 7.89. The molecular formula is C14H23N3O2S. The predicted molar refractivity (Wildman–Crippen MR) is 76.8 cm³/mol. The van der Waals surface area contributed by atoms with Gasteiger partial charge in [0, 0.05) is 19.0 Å². The number of H-pyrrole nitrogens is 1. The Hall–Kier alpha value is -0.880. The third kappa shape index (κ3) is 2.39. The zero-order valence-corrected chi connectivity index (χ0v) is 12.8. The van der Waals surface area contributed by atoms with E-state index in [9.17, 15) is 8.42 Å². The Morgan fingerprint density at radius 2 is 2.05 bits per heavy atom. The highest BCUT2D eigenvalue weighted by Crippen LogP contribution is 2.37. The number of rotatable bonds is 3. The Morgan fingerprint density at radius 1 is 1.30 bits per heavy atom. The highest BCUT2D eigenvalue weighted by Gasteiger charge is 2.40. The van der Waals surface area contributed by atoms with Crippen molar-refractivity contribution in [1.82, 2.24) is 14.3 Å². The van der Waals surface area contributed by atoms with Gasteiger partial charge in [0.05, 0.1) is 6.20 Å². The van der Waals surface area contributed by atoms with Crippen molar-refractivity contribution < 1.29 is 8.42 Å². The lowest BCUT2D eigenvalue weighted by atomic mass is 9.79. The maximum absolute atomic E-state index is 12.8. The van der Waals surface area contributed by atoms with Gasteiger partial charge in [-0.05, 0) is 31.6 Å². The molecule has 0 radical (unpaired) electrons. The molecule has 2 fully saturated rings. The molecule has 5 nitrogen and oxygen atoms in total. The number of aryl methyl sites for hydroxylation is 1. The standard InChI is InChI=1S/C14H23N3O2S/c1-2-13-15-10-14(16-13)20(18,19)17-9-5-7-11-6-3-4-8-12(11)17/h10-12H,2-9H2,1H3,(H,15,16). The number of aromatic nitrogens is 2.